The quantitative estimate of drug-likeness (QED) is 0.753. The molecular weight excluding hydrogens is 260 g/mol. The first kappa shape index (κ1) is 13.9. The molecule has 1 aromatic heterocycles. The molecule has 0 saturated heterocycles. The summed E-state index contributed by atoms with van der Waals surface area (Å²) in [7, 11) is 0. The molecule has 7 nitrogen and oxygen atoms in total. The van der Waals surface area contributed by atoms with E-state index in [1.165, 1.54) is 0 Å². The third-order valence-corrected chi connectivity index (χ3v) is 2.46. The molecule has 7 heteroatoms. The third kappa shape index (κ3) is 4.27. The normalized spacial score (nSPS) is 10.2. The van der Waals surface area contributed by atoms with Crippen LogP contribution in [0.4, 0.5) is 5.69 Å². The number of amides is 1. The summed E-state index contributed by atoms with van der Waals surface area (Å²) >= 11 is 0. The first-order chi connectivity index (χ1) is 9.63. The van der Waals surface area contributed by atoms with Crippen molar-refractivity contribution in [3.63, 3.8) is 0 Å². The van der Waals surface area contributed by atoms with Crippen LogP contribution in [0, 0.1) is 6.92 Å². The predicted octanol–water partition coefficient (Wildman–Crippen LogP) is 0.698. The van der Waals surface area contributed by atoms with E-state index >= 15 is 0 Å². The monoisotopic (exact) mass is 276 g/mol. The van der Waals surface area contributed by atoms with Gasteiger partial charge in [0, 0.05) is 24.7 Å². The molecule has 1 aromatic carbocycles. The number of anilines is 1. The Bertz CT molecular complexity index is 583. The molecule has 0 aliphatic heterocycles. The molecule has 3 N–H and O–H groups in total. The van der Waals surface area contributed by atoms with Gasteiger partial charge in [-0.1, -0.05) is 11.2 Å². The number of hydrogen-bond donors (Lipinski definition) is 2. The summed E-state index contributed by atoms with van der Waals surface area (Å²) < 4.78 is 10.2. The molecule has 0 fully saturated rings. The topological polar surface area (TPSA) is 103 Å². The number of carbonyl (C=O) groups excluding carboxylic acids is 1. The minimum absolute atomic E-state index is 0.0632. The number of nitrogens with zero attached hydrogens (tertiary/aromatic N) is 2. The zero-order chi connectivity index (χ0) is 14.4. The summed E-state index contributed by atoms with van der Waals surface area (Å²) in [4.78, 5) is 15.6. The van der Waals surface area contributed by atoms with E-state index in [2.05, 4.69) is 15.5 Å². The molecule has 0 saturated carbocycles. The summed E-state index contributed by atoms with van der Waals surface area (Å²) in [5, 5.41) is 6.37. The van der Waals surface area contributed by atoms with Gasteiger partial charge in [0.05, 0.1) is 0 Å². The highest BCUT2D eigenvalue weighted by Gasteiger charge is 2.05. The van der Waals surface area contributed by atoms with Gasteiger partial charge >= 0.3 is 0 Å². The van der Waals surface area contributed by atoms with Crippen LogP contribution in [0.3, 0.4) is 0 Å². The number of benzene rings is 1. The van der Waals surface area contributed by atoms with E-state index < -0.39 is 0 Å². The molecule has 2 aromatic rings. The van der Waals surface area contributed by atoms with Crippen molar-refractivity contribution < 1.29 is 14.1 Å². The Kier molecular flexibility index (Phi) is 4.54. The molecule has 0 spiro atoms. The minimum Gasteiger partial charge on any atom is -0.484 e. The second-order valence-electron chi connectivity index (χ2n) is 4.20. The Labute approximate surface area is 116 Å². The fourth-order valence-corrected chi connectivity index (χ4v) is 1.55. The van der Waals surface area contributed by atoms with Gasteiger partial charge in [0.25, 0.3) is 5.91 Å². The minimum atomic E-state index is -0.219. The number of nitrogen functional groups attached to an aromatic ring is 1. The predicted molar refractivity (Wildman–Crippen MR) is 72.1 cm³/mol. The summed E-state index contributed by atoms with van der Waals surface area (Å²) in [6.07, 6.45) is 0.491. The average molecular weight is 276 g/mol. The van der Waals surface area contributed by atoms with Crippen molar-refractivity contribution in [1.29, 1.82) is 0 Å². The highest BCUT2D eigenvalue weighted by molar-refractivity contribution is 5.77. The molecule has 106 valence electrons. The van der Waals surface area contributed by atoms with E-state index in [0.29, 0.717) is 36.1 Å². The average Bonchev–Trinajstić information content (AvgIpc) is 2.82. The smallest absolute Gasteiger partial charge is 0.257 e. The SMILES string of the molecule is Cc1noc(CCNC(=O)COc2cccc(N)c2)n1. The fraction of sp³-hybridized carbons (Fsp3) is 0.308. The lowest BCUT2D eigenvalue weighted by Crippen LogP contribution is -2.30. The van der Waals surface area contributed by atoms with E-state index in [9.17, 15) is 4.79 Å². The van der Waals surface area contributed by atoms with Crippen LogP contribution in [-0.2, 0) is 11.2 Å². The van der Waals surface area contributed by atoms with Crippen molar-refractivity contribution in [3.05, 3.63) is 36.0 Å². The van der Waals surface area contributed by atoms with Crippen LogP contribution in [0.1, 0.15) is 11.7 Å². The number of hydrogen-bond acceptors (Lipinski definition) is 6. The maximum absolute atomic E-state index is 11.6. The number of aryl methyl sites for hydroxylation is 1. The van der Waals surface area contributed by atoms with E-state index in [0.717, 1.165) is 0 Å². The van der Waals surface area contributed by atoms with E-state index in [-0.39, 0.29) is 12.5 Å². The Morgan fingerprint density at radius 3 is 3.05 bits per heavy atom. The summed E-state index contributed by atoms with van der Waals surface area (Å²) in [6, 6.07) is 6.92. The molecule has 0 atom stereocenters. The van der Waals surface area contributed by atoms with E-state index in [4.69, 9.17) is 15.0 Å². The Hall–Kier alpha value is -2.57. The van der Waals surface area contributed by atoms with E-state index in [1.807, 2.05) is 0 Å². The number of rotatable bonds is 6. The van der Waals surface area contributed by atoms with Gasteiger partial charge in [-0.05, 0) is 19.1 Å². The van der Waals surface area contributed by atoms with Gasteiger partial charge in [-0.25, -0.2) is 0 Å². The van der Waals surface area contributed by atoms with Crippen molar-refractivity contribution in [2.45, 2.75) is 13.3 Å². The molecule has 0 bridgehead atoms. The standard InChI is InChI=1S/C13H16N4O3/c1-9-16-13(20-17-9)5-6-15-12(18)8-19-11-4-2-3-10(14)7-11/h2-4,7H,5-6,8,14H2,1H3,(H,15,18). The van der Waals surface area contributed by atoms with E-state index in [1.54, 1.807) is 31.2 Å². The van der Waals surface area contributed by atoms with Gasteiger partial charge in [-0.2, -0.15) is 4.98 Å². The van der Waals surface area contributed by atoms with Crippen LogP contribution in [0.5, 0.6) is 5.75 Å². The van der Waals surface area contributed by atoms with Gasteiger partial charge in [-0.3, -0.25) is 4.79 Å². The van der Waals surface area contributed by atoms with Gasteiger partial charge in [0.2, 0.25) is 5.89 Å². The van der Waals surface area contributed by atoms with Crippen molar-refractivity contribution in [2.24, 2.45) is 0 Å². The number of nitrogens with one attached hydrogen (secondary N) is 1. The molecule has 0 radical (unpaired) electrons. The molecule has 0 unspecified atom stereocenters. The summed E-state index contributed by atoms with van der Waals surface area (Å²) in [5.74, 6) is 1.42. The molecular formula is C13H16N4O3. The van der Waals surface area contributed by atoms with Crippen molar-refractivity contribution >= 4 is 11.6 Å². The lowest BCUT2D eigenvalue weighted by atomic mass is 10.3. The van der Waals surface area contributed by atoms with Crippen molar-refractivity contribution in [3.8, 4) is 5.75 Å². The molecule has 0 aliphatic rings. The Morgan fingerprint density at radius 1 is 1.50 bits per heavy atom. The fourth-order valence-electron chi connectivity index (χ4n) is 1.55. The summed E-state index contributed by atoms with van der Waals surface area (Å²) in [5.41, 5.74) is 6.20. The first-order valence-corrected chi connectivity index (χ1v) is 6.18. The van der Waals surface area contributed by atoms with Gasteiger partial charge < -0.3 is 20.3 Å². The zero-order valence-corrected chi connectivity index (χ0v) is 11.1. The highest BCUT2D eigenvalue weighted by Crippen LogP contribution is 2.13. The lowest BCUT2D eigenvalue weighted by molar-refractivity contribution is -0.123. The van der Waals surface area contributed by atoms with Gasteiger partial charge in [0.1, 0.15) is 5.75 Å². The maximum Gasteiger partial charge on any atom is 0.257 e. The van der Waals surface area contributed by atoms with Crippen LogP contribution in [-0.4, -0.2) is 29.2 Å². The van der Waals surface area contributed by atoms with Crippen LogP contribution >= 0.6 is 0 Å². The number of ether oxygens (including phenoxy) is 1. The van der Waals surface area contributed by atoms with Gasteiger partial charge in [-0.15, -0.1) is 0 Å². The van der Waals surface area contributed by atoms with Crippen LogP contribution in [0.2, 0.25) is 0 Å². The molecule has 2 rings (SSSR count). The van der Waals surface area contributed by atoms with Crippen LogP contribution in [0.25, 0.3) is 0 Å². The molecule has 20 heavy (non-hydrogen) atoms. The largest absolute Gasteiger partial charge is 0.484 e. The Morgan fingerprint density at radius 2 is 2.35 bits per heavy atom. The Balaban J connectivity index is 1.68. The van der Waals surface area contributed by atoms with Crippen molar-refractivity contribution in [2.75, 3.05) is 18.9 Å². The lowest BCUT2D eigenvalue weighted by Gasteiger charge is -2.07. The van der Waals surface area contributed by atoms with Crippen molar-refractivity contribution in [1.82, 2.24) is 15.5 Å². The third-order valence-electron chi connectivity index (χ3n) is 2.46. The maximum atomic E-state index is 11.6. The summed E-state index contributed by atoms with van der Waals surface area (Å²) in [6.45, 7) is 2.10. The molecule has 1 amide bonds. The second kappa shape index (κ2) is 6.55. The number of aromatic nitrogens is 2. The molecule has 0 aliphatic carbocycles. The van der Waals surface area contributed by atoms with Crippen LogP contribution < -0.4 is 15.8 Å². The van der Waals surface area contributed by atoms with Gasteiger partial charge in [0.15, 0.2) is 12.4 Å². The zero-order valence-electron chi connectivity index (χ0n) is 11.1. The number of carbonyl (C=O) groups is 1. The highest BCUT2D eigenvalue weighted by atomic mass is 16.5. The molecule has 1 heterocycles. The second-order valence-corrected chi connectivity index (χ2v) is 4.20. The first-order valence-electron chi connectivity index (χ1n) is 6.18. The van der Waals surface area contributed by atoms with Crippen LogP contribution in [0.15, 0.2) is 28.8 Å². The number of nitrogens with two attached hydrogens (primary N) is 1.